The van der Waals surface area contributed by atoms with Crippen molar-refractivity contribution in [1.29, 1.82) is 0 Å². The van der Waals surface area contributed by atoms with E-state index in [1.54, 1.807) is 22.5 Å². The summed E-state index contributed by atoms with van der Waals surface area (Å²) < 4.78 is 27.0. The van der Waals surface area contributed by atoms with Gasteiger partial charge in [0.15, 0.2) is 0 Å². The highest BCUT2D eigenvalue weighted by Gasteiger charge is 2.32. The van der Waals surface area contributed by atoms with Crippen LogP contribution in [0.5, 0.6) is 0 Å². The summed E-state index contributed by atoms with van der Waals surface area (Å²) in [7, 11) is -3.31. The van der Waals surface area contributed by atoms with Crippen molar-refractivity contribution in [1.82, 2.24) is 4.31 Å². The van der Waals surface area contributed by atoms with Crippen molar-refractivity contribution >= 4 is 26.0 Å². The second-order valence-electron chi connectivity index (χ2n) is 4.06. The van der Waals surface area contributed by atoms with Crippen LogP contribution in [0.15, 0.2) is 33.6 Å². The molecule has 2 rings (SSSR count). The topological polar surface area (TPSA) is 37.4 Å². The van der Waals surface area contributed by atoms with Gasteiger partial charge in [-0.3, -0.25) is 0 Å². The van der Waals surface area contributed by atoms with Crippen LogP contribution in [0.1, 0.15) is 19.8 Å². The molecule has 1 aliphatic heterocycles. The predicted molar refractivity (Wildman–Crippen MR) is 66.7 cm³/mol. The van der Waals surface area contributed by atoms with Crippen LogP contribution in [0.3, 0.4) is 0 Å². The standard InChI is InChI=1S/C11H14BrNO2S/c1-9-4-3-7-13(9)16(14,15)11-6-2-5-10(12)8-11/h2,5-6,8-9H,3-4,7H2,1H3. The Labute approximate surface area is 105 Å². The SMILES string of the molecule is CC1CCCN1S(=O)(=O)c1cccc(Br)c1. The van der Waals surface area contributed by atoms with Crippen LogP contribution < -0.4 is 0 Å². The van der Waals surface area contributed by atoms with Gasteiger partial charge in [-0.1, -0.05) is 22.0 Å². The maximum atomic E-state index is 12.3. The Morgan fingerprint density at radius 2 is 2.19 bits per heavy atom. The van der Waals surface area contributed by atoms with Crippen molar-refractivity contribution < 1.29 is 8.42 Å². The lowest BCUT2D eigenvalue weighted by atomic mass is 10.3. The minimum atomic E-state index is -3.31. The summed E-state index contributed by atoms with van der Waals surface area (Å²) in [5, 5.41) is 0. The van der Waals surface area contributed by atoms with Gasteiger partial charge >= 0.3 is 0 Å². The average molecular weight is 304 g/mol. The number of benzene rings is 1. The first kappa shape index (κ1) is 12.1. The molecule has 1 aromatic carbocycles. The second kappa shape index (κ2) is 4.47. The second-order valence-corrected chi connectivity index (χ2v) is 6.87. The molecule has 0 aromatic heterocycles. The van der Waals surface area contributed by atoms with Gasteiger partial charge in [-0.25, -0.2) is 8.42 Å². The highest BCUT2D eigenvalue weighted by molar-refractivity contribution is 9.10. The summed E-state index contributed by atoms with van der Waals surface area (Å²) in [6.45, 7) is 2.60. The molecule has 0 saturated carbocycles. The lowest BCUT2D eigenvalue weighted by Crippen LogP contribution is -2.33. The Balaban J connectivity index is 2.39. The Hall–Kier alpha value is -0.390. The fraction of sp³-hybridized carbons (Fsp3) is 0.455. The Bertz CT molecular complexity index is 487. The molecule has 0 amide bonds. The van der Waals surface area contributed by atoms with Crippen molar-refractivity contribution in [2.24, 2.45) is 0 Å². The van der Waals surface area contributed by atoms with E-state index in [2.05, 4.69) is 15.9 Å². The molecule has 3 nitrogen and oxygen atoms in total. The van der Waals surface area contributed by atoms with Crippen LogP contribution in [0.25, 0.3) is 0 Å². The Kier molecular flexibility index (Phi) is 3.37. The van der Waals surface area contributed by atoms with Crippen molar-refractivity contribution in [3.63, 3.8) is 0 Å². The highest BCUT2D eigenvalue weighted by Crippen LogP contribution is 2.26. The third-order valence-electron chi connectivity index (χ3n) is 2.89. The minimum Gasteiger partial charge on any atom is -0.207 e. The normalized spacial score (nSPS) is 22.5. The molecule has 1 atom stereocenters. The highest BCUT2D eigenvalue weighted by atomic mass is 79.9. The molecule has 1 unspecified atom stereocenters. The summed E-state index contributed by atoms with van der Waals surface area (Å²) >= 11 is 3.30. The van der Waals surface area contributed by atoms with Crippen molar-refractivity contribution in [2.75, 3.05) is 6.54 Å². The Morgan fingerprint density at radius 1 is 1.44 bits per heavy atom. The van der Waals surface area contributed by atoms with Crippen LogP contribution in [-0.2, 0) is 10.0 Å². The molecule has 0 N–H and O–H groups in total. The molecule has 1 aliphatic rings. The van der Waals surface area contributed by atoms with E-state index in [0.717, 1.165) is 17.3 Å². The van der Waals surface area contributed by atoms with E-state index in [0.29, 0.717) is 11.4 Å². The minimum absolute atomic E-state index is 0.115. The number of sulfonamides is 1. The maximum Gasteiger partial charge on any atom is 0.243 e. The number of hydrogen-bond donors (Lipinski definition) is 0. The molecular formula is C11H14BrNO2S. The van der Waals surface area contributed by atoms with Crippen LogP contribution >= 0.6 is 15.9 Å². The monoisotopic (exact) mass is 303 g/mol. The number of hydrogen-bond acceptors (Lipinski definition) is 2. The zero-order chi connectivity index (χ0) is 11.8. The van der Waals surface area contributed by atoms with Gasteiger partial charge in [0.05, 0.1) is 4.90 Å². The van der Waals surface area contributed by atoms with Gasteiger partial charge in [-0.15, -0.1) is 0 Å². The van der Waals surface area contributed by atoms with E-state index < -0.39 is 10.0 Å². The smallest absolute Gasteiger partial charge is 0.207 e. The lowest BCUT2D eigenvalue weighted by molar-refractivity contribution is 0.408. The van der Waals surface area contributed by atoms with Crippen LogP contribution in [0.2, 0.25) is 0 Å². The van der Waals surface area contributed by atoms with E-state index in [1.807, 2.05) is 13.0 Å². The number of nitrogens with zero attached hydrogens (tertiary/aromatic N) is 1. The molecule has 5 heteroatoms. The first-order valence-corrected chi connectivity index (χ1v) is 7.52. The fourth-order valence-electron chi connectivity index (χ4n) is 2.03. The third kappa shape index (κ3) is 2.17. The molecule has 1 aromatic rings. The summed E-state index contributed by atoms with van der Waals surface area (Å²) in [5.41, 5.74) is 0. The van der Waals surface area contributed by atoms with E-state index in [4.69, 9.17) is 0 Å². The van der Waals surface area contributed by atoms with Gasteiger partial charge < -0.3 is 0 Å². The zero-order valence-electron chi connectivity index (χ0n) is 9.06. The molecule has 88 valence electrons. The summed E-state index contributed by atoms with van der Waals surface area (Å²) in [4.78, 5) is 0.371. The molecule has 0 radical (unpaired) electrons. The third-order valence-corrected chi connectivity index (χ3v) is 5.40. The quantitative estimate of drug-likeness (QED) is 0.842. The van der Waals surface area contributed by atoms with Crippen LogP contribution in [0, 0.1) is 0 Å². The van der Waals surface area contributed by atoms with E-state index >= 15 is 0 Å². The van der Waals surface area contributed by atoms with Crippen molar-refractivity contribution in [2.45, 2.75) is 30.7 Å². The number of halogens is 1. The molecule has 1 heterocycles. The van der Waals surface area contributed by atoms with Gasteiger partial charge in [-0.2, -0.15) is 4.31 Å². The Morgan fingerprint density at radius 3 is 2.75 bits per heavy atom. The largest absolute Gasteiger partial charge is 0.243 e. The summed E-state index contributed by atoms with van der Waals surface area (Å²) in [6.07, 6.45) is 1.90. The van der Waals surface area contributed by atoms with E-state index in [1.165, 1.54) is 0 Å². The van der Waals surface area contributed by atoms with Gasteiger partial charge in [0.1, 0.15) is 0 Å². The maximum absolute atomic E-state index is 12.3. The first-order valence-electron chi connectivity index (χ1n) is 5.29. The molecule has 0 bridgehead atoms. The molecule has 1 fully saturated rings. The molecule has 16 heavy (non-hydrogen) atoms. The molecule has 1 saturated heterocycles. The van der Waals surface area contributed by atoms with Gasteiger partial charge in [0.25, 0.3) is 0 Å². The van der Waals surface area contributed by atoms with Crippen molar-refractivity contribution in [3.8, 4) is 0 Å². The van der Waals surface area contributed by atoms with E-state index in [9.17, 15) is 8.42 Å². The predicted octanol–water partition coefficient (Wildman–Crippen LogP) is 2.62. The first-order chi connectivity index (χ1) is 7.51. The van der Waals surface area contributed by atoms with Gasteiger partial charge in [0, 0.05) is 17.1 Å². The van der Waals surface area contributed by atoms with Crippen LogP contribution in [-0.4, -0.2) is 25.3 Å². The lowest BCUT2D eigenvalue weighted by Gasteiger charge is -2.20. The fourth-order valence-corrected chi connectivity index (χ4v) is 4.32. The molecule has 0 spiro atoms. The molecule has 0 aliphatic carbocycles. The van der Waals surface area contributed by atoms with Crippen LogP contribution in [0.4, 0.5) is 0 Å². The summed E-state index contributed by atoms with van der Waals surface area (Å²) in [6, 6.07) is 6.99. The van der Waals surface area contributed by atoms with Gasteiger partial charge in [-0.05, 0) is 38.0 Å². The zero-order valence-corrected chi connectivity index (χ0v) is 11.5. The van der Waals surface area contributed by atoms with Gasteiger partial charge in [0.2, 0.25) is 10.0 Å². The summed E-state index contributed by atoms with van der Waals surface area (Å²) in [5.74, 6) is 0. The van der Waals surface area contributed by atoms with E-state index in [-0.39, 0.29) is 6.04 Å². The van der Waals surface area contributed by atoms with Crippen molar-refractivity contribution in [3.05, 3.63) is 28.7 Å². The average Bonchev–Trinajstić information content (AvgIpc) is 2.65. The molecular weight excluding hydrogens is 290 g/mol. The number of rotatable bonds is 2.